The predicted octanol–water partition coefficient (Wildman–Crippen LogP) is 3.66. The maximum Gasteiger partial charge on any atom is 0.435 e. The van der Waals surface area contributed by atoms with Crippen LogP contribution >= 0.6 is 11.6 Å². The summed E-state index contributed by atoms with van der Waals surface area (Å²) < 4.78 is 75.9. The summed E-state index contributed by atoms with van der Waals surface area (Å²) in [5.41, 5.74) is -2.98. The van der Waals surface area contributed by atoms with Gasteiger partial charge in [-0.15, -0.1) is 0 Å². The molecule has 0 aliphatic rings. The first-order chi connectivity index (χ1) is 9.50. The second kappa shape index (κ2) is 4.79. The van der Waals surface area contributed by atoms with Crippen LogP contribution in [-0.2, 0) is 12.4 Å². The van der Waals surface area contributed by atoms with Crippen LogP contribution in [0.4, 0.5) is 26.3 Å². The van der Waals surface area contributed by atoms with Gasteiger partial charge in [0.2, 0.25) is 5.88 Å². The highest BCUT2D eigenvalue weighted by Gasteiger charge is 2.39. The lowest BCUT2D eigenvalue weighted by Gasteiger charge is -2.12. The lowest BCUT2D eigenvalue weighted by atomic mass is 10.2. The first-order valence-corrected chi connectivity index (χ1v) is 5.47. The zero-order valence-electron chi connectivity index (χ0n) is 9.67. The Labute approximate surface area is 117 Å². The molecule has 2 aromatic heterocycles. The Balaban J connectivity index is 2.66. The quantitative estimate of drug-likeness (QED) is 0.811. The summed E-state index contributed by atoms with van der Waals surface area (Å²) in [5.74, 6) is -2.15. The fourth-order valence-electron chi connectivity index (χ4n) is 1.48. The number of hydrogen-bond donors (Lipinski definition) is 1. The molecule has 0 aromatic carbocycles. The Hall–Kier alpha value is -1.97. The first-order valence-electron chi connectivity index (χ1n) is 5.09. The highest BCUT2D eigenvalue weighted by molar-refractivity contribution is 6.30. The Morgan fingerprint density at radius 3 is 2.14 bits per heavy atom. The number of rotatable bonds is 1. The van der Waals surface area contributed by atoms with E-state index in [1.807, 2.05) is 0 Å². The molecule has 2 aromatic rings. The molecule has 0 bridgehead atoms. The molecule has 4 nitrogen and oxygen atoms in total. The molecular weight excluding hydrogens is 328 g/mol. The van der Waals surface area contributed by atoms with Gasteiger partial charge in [-0.2, -0.15) is 36.1 Å². The number of alkyl halides is 6. The van der Waals surface area contributed by atoms with Gasteiger partial charge in [-0.3, -0.25) is 0 Å². The second-order valence-electron chi connectivity index (χ2n) is 3.82. The molecule has 21 heavy (non-hydrogen) atoms. The molecule has 2 rings (SSSR count). The normalized spacial score (nSPS) is 12.7. The highest BCUT2D eigenvalue weighted by atomic mass is 35.5. The smallest absolute Gasteiger partial charge is 0.435 e. The molecule has 1 N–H and O–H groups in total. The summed E-state index contributed by atoms with van der Waals surface area (Å²) in [6.45, 7) is 0. The molecule has 0 radical (unpaired) electrons. The Morgan fingerprint density at radius 1 is 1.05 bits per heavy atom. The van der Waals surface area contributed by atoms with E-state index in [1.165, 1.54) is 0 Å². The third kappa shape index (κ3) is 3.04. The van der Waals surface area contributed by atoms with Gasteiger partial charge in [0, 0.05) is 12.3 Å². The molecule has 0 unspecified atom stereocenters. The molecule has 0 aliphatic heterocycles. The molecule has 0 spiro atoms. The monoisotopic (exact) mass is 331 g/mol. The minimum Gasteiger partial charge on any atom is -0.493 e. The molecule has 0 saturated heterocycles. The SMILES string of the molecule is Oc1cc(C(F)(F)F)nn1-c1ncc(Cl)cc1C(F)(F)F. The van der Waals surface area contributed by atoms with Gasteiger partial charge in [-0.05, 0) is 6.07 Å². The fourth-order valence-corrected chi connectivity index (χ4v) is 1.63. The van der Waals surface area contributed by atoms with Crippen molar-refractivity contribution in [2.45, 2.75) is 12.4 Å². The number of nitrogens with zero attached hydrogens (tertiary/aromatic N) is 3. The summed E-state index contributed by atoms with van der Waals surface area (Å²) in [6.07, 6.45) is -9.07. The van der Waals surface area contributed by atoms with E-state index in [4.69, 9.17) is 11.6 Å². The third-order valence-electron chi connectivity index (χ3n) is 2.32. The van der Waals surface area contributed by atoms with Crippen LogP contribution in [-0.4, -0.2) is 19.9 Å². The second-order valence-corrected chi connectivity index (χ2v) is 4.26. The Morgan fingerprint density at radius 2 is 1.67 bits per heavy atom. The average Bonchev–Trinajstić information content (AvgIpc) is 2.70. The van der Waals surface area contributed by atoms with Crippen molar-refractivity contribution >= 4 is 11.6 Å². The van der Waals surface area contributed by atoms with E-state index in [0.29, 0.717) is 6.07 Å². The van der Waals surface area contributed by atoms with Gasteiger partial charge >= 0.3 is 12.4 Å². The molecule has 2 heterocycles. The van der Waals surface area contributed by atoms with Crippen molar-refractivity contribution in [2.75, 3.05) is 0 Å². The summed E-state index contributed by atoms with van der Waals surface area (Å²) in [6, 6.07) is 0.661. The summed E-state index contributed by atoms with van der Waals surface area (Å²) in [5, 5.41) is 11.9. The summed E-state index contributed by atoms with van der Waals surface area (Å²) in [4.78, 5) is 3.29. The minimum atomic E-state index is -4.94. The van der Waals surface area contributed by atoms with Crippen molar-refractivity contribution in [3.8, 4) is 11.7 Å². The van der Waals surface area contributed by atoms with E-state index < -0.39 is 35.3 Å². The number of halogens is 7. The molecule has 0 saturated carbocycles. The van der Waals surface area contributed by atoms with Gasteiger partial charge in [-0.25, -0.2) is 4.98 Å². The molecule has 114 valence electrons. The van der Waals surface area contributed by atoms with E-state index in [9.17, 15) is 31.4 Å². The van der Waals surface area contributed by atoms with Crippen LogP contribution in [0.5, 0.6) is 5.88 Å². The fraction of sp³-hybridized carbons (Fsp3) is 0.200. The average molecular weight is 332 g/mol. The van der Waals surface area contributed by atoms with Crippen LogP contribution < -0.4 is 0 Å². The molecule has 0 amide bonds. The maximum atomic E-state index is 12.8. The molecule has 0 atom stereocenters. The maximum absolute atomic E-state index is 12.8. The highest BCUT2D eigenvalue weighted by Crippen LogP contribution is 2.37. The van der Waals surface area contributed by atoms with Crippen LogP contribution in [0, 0.1) is 0 Å². The lowest BCUT2D eigenvalue weighted by molar-refractivity contribution is -0.141. The first kappa shape index (κ1) is 15.4. The molecule has 0 fully saturated rings. The van der Waals surface area contributed by atoms with Crippen molar-refractivity contribution in [2.24, 2.45) is 0 Å². The Kier molecular flexibility index (Phi) is 3.52. The van der Waals surface area contributed by atoms with Gasteiger partial charge in [0.05, 0.1) is 5.02 Å². The number of hydrogen-bond acceptors (Lipinski definition) is 3. The molecule has 0 aliphatic carbocycles. The van der Waals surface area contributed by atoms with Crippen LogP contribution in [0.25, 0.3) is 5.82 Å². The van der Waals surface area contributed by atoms with E-state index in [-0.39, 0.29) is 15.8 Å². The van der Waals surface area contributed by atoms with Gasteiger partial charge < -0.3 is 5.11 Å². The van der Waals surface area contributed by atoms with E-state index in [2.05, 4.69) is 10.1 Å². The van der Waals surface area contributed by atoms with Crippen molar-refractivity contribution in [1.29, 1.82) is 0 Å². The zero-order valence-corrected chi connectivity index (χ0v) is 10.4. The van der Waals surface area contributed by atoms with Gasteiger partial charge in [0.15, 0.2) is 11.5 Å². The van der Waals surface area contributed by atoms with Crippen molar-refractivity contribution < 1.29 is 31.4 Å². The summed E-state index contributed by atoms with van der Waals surface area (Å²) >= 11 is 5.39. The third-order valence-corrected chi connectivity index (χ3v) is 2.53. The van der Waals surface area contributed by atoms with Crippen LogP contribution in [0.2, 0.25) is 5.02 Å². The predicted molar refractivity (Wildman–Crippen MR) is 58.0 cm³/mol. The minimum absolute atomic E-state index is 0.0436. The lowest BCUT2D eigenvalue weighted by Crippen LogP contribution is -2.14. The van der Waals surface area contributed by atoms with Crippen molar-refractivity contribution in [1.82, 2.24) is 14.8 Å². The number of pyridine rings is 1. The Bertz CT molecular complexity index is 678. The van der Waals surface area contributed by atoms with E-state index in [0.717, 1.165) is 6.20 Å². The zero-order chi connectivity index (χ0) is 16.0. The standard InChI is InChI=1S/C10H4ClF6N3O/c11-4-1-5(9(12,13)14)8(18-3-4)20-7(21)2-6(19-20)10(15,16)17/h1-3,21H. The van der Waals surface area contributed by atoms with Crippen LogP contribution in [0.15, 0.2) is 18.3 Å². The van der Waals surface area contributed by atoms with Crippen LogP contribution in [0.3, 0.4) is 0 Å². The topological polar surface area (TPSA) is 50.9 Å². The number of aromatic nitrogens is 3. The van der Waals surface area contributed by atoms with Gasteiger partial charge in [0.1, 0.15) is 5.56 Å². The van der Waals surface area contributed by atoms with E-state index >= 15 is 0 Å². The van der Waals surface area contributed by atoms with Gasteiger partial charge in [-0.1, -0.05) is 11.6 Å². The molecular formula is C10H4ClF6N3O. The number of aromatic hydroxyl groups is 1. The van der Waals surface area contributed by atoms with Crippen LogP contribution in [0.1, 0.15) is 11.3 Å². The summed E-state index contributed by atoms with van der Waals surface area (Å²) in [7, 11) is 0. The largest absolute Gasteiger partial charge is 0.493 e. The van der Waals surface area contributed by atoms with E-state index in [1.54, 1.807) is 0 Å². The van der Waals surface area contributed by atoms with Gasteiger partial charge in [0.25, 0.3) is 0 Å². The van der Waals surface area contributed by atoms with Crippen molar-refractivity contribution in [3.63, 3.8) is 0 Å². The molecule has 11 heteroatoms. The van der Waals surface area contributed by atoms with Crippen molar-refractivity contribution in [3.05, 3.63) is 34.6 Å².